The van der Waals surface area contributed by atoms with Crippen LogP contribution >= 0.6 is 0 Å². The van der Waals surface area contributed by atoms with E-state index >= 15 is 0 Å². The lowest BCUT2D eigenvalue weighted by atomic mass is 10.2. The third-order valence-corrected chi connectivity index (χ3v) is 2.61. The quantitative estimate of drug-likeness (QED) is 0.768. The van der Waals surface area contributed by atoms with Gasteiger partial charge in [-0.3, -0.25) is 4.98 Å². The predicted molar refractivity (Wildman–Crippen MR) is 71.3 cm³/mol. The molecule has 0 unspecified atom stereocenters. The van der Waals surface area contributed by atoms with Crippen LogP contribution in [0.5, 0.6) is 5.75 Å². The van der Waals surface area contributed by atoms with Crippen molar-refractivity contribution in [3.8, 4) is 5.75 Å². The van der Waals surface area contributed by atoms with Crippen LogP contribution in [0.2, 0.25) is 0 Å². The van der Waals surface area contributed by atoms with Crippen molar-refractivity contribution < 1.29 is 23.0 Å². The van der Waals surface area contributed by atoms with Crippen LogP contribution in [-0.2, 0) is 11.2 Å². The smallest absolute Gasteiger partial charge is 0.387 e. The minimum absolute atomic E-state index is 0.0795. The Bertz CT molecular complexity index is 590. The highest BCUT2D eigenvalue weighted by Crippen LogP contribution is 2.16. The van der Waals surface area contributed by atoms with Gasteiger partial charge in [0.15, 0.2) is 0 Å². The summed E-state index contributed by atoms with van der Waals surface area (Å²) in [7, 11) is 0. The molecule has 0 fully saturated rings. The molecule has 0 amide bonds. The Balaban J connectivity index is 1.88. The minimum Gasteiger partial charge on any atom is -0.462 e. The number of esters is 1. The fourth-order valence-electron chi connectivity index (χ4n) is 1.68. The predicted octanol–water partition coefficient (Wildman–Crippen LogP) is 3.08. The number of hydrogen-bond donors (Lipinski definition) is 0. The standard InChI is InChI=1S/C15H13F2NO3/c16-15(17)21-13-6-3-4-11(10-13)14(19)20-9-7-12-5-1-2-8-18-12/h1-6,8,10,15H,7,9H2. The van der Waals surface area contributed by atoms with E-state index in [2.05, 4.69) is 9.72 Å². The maximum Gasteiger partial charge on any atom is 0.387 e. The van der Waals surface area contributed by atoms with E-state index in [0.717, 1.165) is 5.69 Å². The van der Waals surface area contributed by atoms with Gasteiger partial charge in [0.25, 0.3) is 0 Å². The molecular formula is C15H13F2NO3. The molecule has 1 aromatic heterocycles. The van der Waals surface area contributed by atoms with Crippen molar-refractivity contribution in [2.75, 3.05) is 6.61 Å². The number of pyridine rings is 1. The number of benzene rings is 1. The lowest BCUT2D eigenvalue weighted by molar-refractivity contribution is -0.0499. The molecule has 0 bridgehead atoms. The lowest BCUT2D eigenvalue weighted by Gasteiger charge is -2.07. The maximum absolute atomic E-state index is 12.1. The van der Waals surface area contributed by atoms with E-state index in [0.29, 0.717) is 6.42 Å². The fourth-order valence-corrected chi connectivity index (χ4v) is 1.68. The second kappa shape index (κ2) is 7.33. The van der Waals surface area contributed by atoms with Gasteiger partial charge < -0.3 is 9.47 Å². The van der Waals surface area contributed by atoms with Crippen molar-refractivity contribution >= 4 is 5.97 Å². The highest BCUT2D eigenvalue weighted by Gasteiger charge is 2.10. The zero-order valence-corrected chi connectivity index (χ0v) is 11.0. The van der Waals surface area contributed by atoms with Crippen LogP contribution in [0.4, 0.5) is 8.78 Å². The lowest BCUT2D eigenvalue weighted by Crippen LogP contribution is -2.09. The number of alkyl halides is 2. The van der Waals surface area contributed by atoms with E-state index in [-0.39, 0.29) is 17.9 Å². The molecule has 2 rings (SSSR count). The van der Waals surface area contributed by atoms with E-state index in [1.807, 2.05) is 12.1 Å². The van der Waals surface area contributed by atoms with Gasteiger partial charge in [0, 0.05) is 18.3 Å². The maximum atomic E-state index is 12.1. The molecule has 0 saturated carbocycles. The highest BCUT2D eigenvalue weighted by molar-refractivity contribution is 5.89. The number of aromatic nitrogens is 1. The number of carbonyl (C=O) groups is 1. The summed E-state index contributed by atoms with van der Waals surface area (Å²) in [6.07, 6.45) is 2.14. The van der Waals surface area contributed by atoms with Crippen molar-refractivity contribution in [3.05, 3.63) is 59.9 Å². The molecule has 1 aromatic carbocycles. The summed E-state index contributed by atoms with van der Waals surface area (Å²) in [5.74, 6) is -0.671. The average Bonchev–Trinajstić information content (AvgIpc) is 2.48. The third kappa shape index (κ3) is 4.83. The largest absolute Gasteiger partial charge is 0.462 e. The molecule has 0 spiro atoms. The van der Waals surface area contributed by atoms with Gasteiger partial charge in [0.2, 0.25) is 0 Å². The fraction of sp³-hybridized carbons (Fsp3) is 0.200. The molecule has 4 nitrogen and oxygen atoms in total. The van der Waals surface area contributed by atoms with E-state index in [9.17, 15) is 13.6 Å². The van der Waals surface area contributed by atoms with Crippen molar-refractivity contribution in [2.45, 2.75) is 13.0 Å². The number of rotatable bonds is 6. The summed E-state index contributed by atoms with van der Waals surface area (Å²) in [6, 6.07) is 10.9. The molecule has 0 saturated heterocycles. The number of halogens is 2. The van der Waals surface area contributed by atoms with Crippen LogP contribution in [-0.4, -0.2) is 24.2 Å². The van der Waals surface area contributed by atoms with Gasteiger partial charge in [0.1, 0.15) is 5.75 Å². The van der Waals surface area contributed by atoms with Crippen LogP contribution in [0, 0.1) is 0 Å². The summed E-state index contributed by atoms with van der Waals surface area (Å²) >= 11 is 0. The molecule has 0 aliphatic heterocycles. The average molecular weight is 293 g/mol. The van der Waals surface area contributed by atoms with E-state index < -0.39 is 12.6 Å². The minimum atomic E-state index is -2.93. The molecule has 21 heavy (non-hydrogen) atoms. The normalized spacial score (nSPS) is 10.4. The van der Waals surface area contributed by atoms with Crippen LogP contribution in [0.15, 0.2) is 48.7 Å². The molecule has 0 radical (unpaired) electrons. The van der Waals surface area contributed by atoms with E-state index in [1.165, 1.54) is 24.3 Å². The van der Waals surface area contributed by atoms with Gasteiger partial charge in [0.05, 0.1) is 12.2 Å². The van der Waals surface area contributed by atoms with Gasteiger partial charge in [-0.15, -0.1) is 0 Å². The molecule has 0 N–H and O–H groups in total. The Morgan fingerprint density at radius 1 is 1.19 bits per heavy atom. The molecule has 0 atom stereocenters. The molecule has 0 aliphatic carbocycles. The molecule has 2 aromatic rings. The zero-order chi connectivity index (χ0) is 15.1. The summed E-state index contributed by atoms with van der Waals surface area (Å²) in [5, 5.41) is 0. The van der Waals surface area contributed by atoms with Crippen LogP contribution < -0.4 is 4.74 Å². The molecule has 110 valence electrons. The monoisotopic (exact) mass is 293 g/mol. The van der Waals surface area contributed by atoms with Crippen molar-refractivity contribution in [3.63, 3.8) is 0 Å². The first-order valence-electron chi connectivity index (χ1n) is 6.27. The first-order chi connectivity index (χ1) is 10.1. The first kappa shape index (κ1) is 14.9. The molecular weight excluding hydrogens is 280 g/mol. The van der Waals surface area contributed by atoms with Crippen molar-refractivity contribution in [1.29, 1.82) is 0 Å². The Labute approximate surface area is 120 Å². The number of carbonyl (C=O) groups excluding carboxylic acids is 1. The topological polar surface area (TPSA) is 48.4 Å². The van der Waals surface area contributed by atoms with Crippen molar-refractivity contribution in [2.24, 2.45) is 0 Å². The van der Waals surface area contributed by atoms with Gasteiger partial charge in [-0.2, -0.15) is 8.78 Å². The summed E-state index contributed by atoms with van der Waals surface area (Å²) in [5.41, 5.74) is 0.967. The Kier molecular flexibility index (Phi) is 5.20. The SMILES string of the molecule is O=C(OCCc1ccccn1)c1cccc(OC(F)F)c1. The summed E-state index contributed by atoms with van der Waals surface area (Å²) < 4.78 is 33.5. The number of nitrogens with zero attached hydrogens (tertiary/aromatic N) is 1. The summed E-state index contributed by atoms with van der Waals surface area (Å²) in [4.78, 5) is 15.9. The number of ether oxygens (including phenoxy) is 2. The van der Waals surface area contributed by atoms with Gasteiger partial charge in [-0.05, 0) is 30.3 Å². The van der Waals surface area contributed by atoms with Crippen LogP contribution in [0.1, 0.15) is 16.1 Å². The molecule has 6 heteroatoms. The van der Waals surface area contributed by atoms with E-state index in [4.69, 9.17) is 4.74 Å². The van der Waals surface area contributed by atoms with Crippen LogP contribution in [0.25, 0.3) is 0 Å². The second-order valence-corrected chi connectivity index (χ2v) is 4.11. The van der Waals surface area contributed by atoms with Gasteiger partial charge in [-0.25, -0.2) is 4.79 Å². The van der Waals surface area contributed by atoms with Crippen LogP contribution in [0.3, 0.4) is 0 Å². The first-order valence-corrected chi connectivity index (χ1v) is 6.27. The Morgan fingerprint density at radius 2 is 2.05 bits per heavy atom. The highest BCUT2D eigenvalue weighted by atomic mass is 19.3. The van der Waals surface area contributed by atoms with E-state index in [1.54, 1.807) is 12.3 Å². The number of hydrogen-bond acceptors (Lipinski definition) is 4. The molecule has 1 heterocycles. The zero-order valence-electron chi connectivity index (χ0n) is 11.0. The van der Waals surface area contributed by atoms with Gasteiger partial charge in [-0.1, -0.05) is 12.1 Å². The van der Waals surface area contributed by atoms with Crippen molar-refractivity contribution in [1.82, 2.24) is 4.98 Å². The summed E-state index contributed by atoms with van der Waals surface area (Å²) in [6.45, 7) is -2.77. The third-order valence-electron chi connectivity index (χ3n) is 2.61. The molecule has 0 aliphatic rings. The second-order valence-electron chi connectivity index (χ2n) is 4.11. The Morgan fingerprint density at radius 3 is 2.76 bits per heavy atom. The Hall–Kier alpha value is -2.50. The van der Waals surface area contributed by atoms with Gasteiger partial charge >= 0.3 is 12.6 Å².